The SMILES string of the molecule is CCNc1cccc(Oc2cccc(S(C)(=O)=O)c2)n1. The maximum atomic E-state index is 11.5. The summed E-state index contributed by atoms with van der Waals surface area (Å²) in [5.74, 6) is 1.56. The maximum absolute atomic E-state index is 11.5. The quantitative estimate of drug-likeness (QED) is 0.917. The third-order valence-corrected chi connectivity index (χ3v) is 3.65. The van der Waals surface area contributed by atoms with Crippen molar-refractivity contribution < 1.29 is 13.2 Å². The highest BCUT2D eigenvalue weighted by atomic mass is 32.2. The Balaban J connectivity index is 2.24. The highest BCUT2D eigenvalue weighted by Gasteiger charge is 2.08. The van der Waals surface area contributed by atoms with Crippen molar-refractivity contribution in [2.24, 2.45) is 0 Å². The standard InChI is InChI=1S/C14H16N2O3S/c1-3-15-13-8-5-9-14(16-13)19-11-6-4-7-12(10-11)20(2,17)18/h4-10H,3H2,1-2H3,(H,15,16). The smallest absolute Gasteiger partial charge is 0.221 e. The van der Waals surface area contributed by atoms with Crippen molar-refractivity contribution in [2.75, 3.05) is 18.1 Å². The van der Waals surface area contributed by atoms with Gasteiger partial charge in [-0.15, -0.1) is 0 Å². The lowest BCUT2D eigenvalue weighted by atomic mass is 10.3. The topological polar surface area (TPSA) is 68.3 Å². The predicted molar refractivity (Wildman–Crippen MR) is 78.0 cm³/mol. The van der Waals surface area contributed by atoms with Crippen LogP contribution >= 0.6 is 0 Å². The molecule has 1 aromatic heterocycles. The van der Waals surface area contributed by atoms with Gasteiger partial charge in [-0.2, -0.15) is 4.98 Å². The molecule has 0 saturated carbocycles. The number of ether oxygens (including phenoxy) is 1. The number of nitrogens with one attached hydrogen (secondary N) is 1. The van der Waals surface area contributed by atoms with E-state index in [0.717, 1.165) is 12.8 Å². The van der Waals surface area contributed by atoms with Gasteiger partial charge in [0.15, 0.2) is 9.84 Å². The fourth-order valence-electron chi connectivity index (χ4n) is 1.64. The Morgan fingerprint density at radius 3 is 2.65 bits per heavy atom. The molecule has 1 heterocycles. The molecule has 0 bridgehead atoms. The molecular weight excluding hydrogens is 276 g/mol. The summed E-state index contributed by atoms with van der Waals surface area (Å²) in [5.41, 5.74) is 0. The van der Waals surface area contributed by atoms with Crippen LogP contribution in [0.3, 0.4) is 0 Å². The highest BCUT2D eigenvalue weighted by molar-refractivity contribution is 7.90. The van der Waals surface area contributed by atoms with Gasteiger partial charge in [0.2, 0.25) is 5.88 Å². The Bertz CT molecular complexity index is 699. The Morgan fingerprint density at radius 1 is 1.20 bits per heavy atom. The number of hydrogen-bond acceptors (Lipinski definition) is 5. The molecule has 5 nitrogen and oxygen atoms in total. The Kier molecular flexibility index (Phi) is 4.24. The summed E-state index contributed by atoms with van der Waals surface area (Å²) in [6.07, 6.45) is 1.16. The zero-order valence-corrected chi connectivity index (χ0v) is 12.1. The number of hydrogen-bond donors (Lipinski definition) is 1. The Morgan fingerprint density at radius 2 is 1.95 bits per heavy atom. The van der Waals surface area contributed by atoms with E-state index >= 15 is 0 Å². The van der Waals surface area contributed by atoms with E-state index in [9.17, 15) is 8.42 Å². The second kappa shape index (κ2) is 5.92. The minimum Gasteiger partial charge on any atom is -0.439 e. The summed E-state index contributed by atoms with van der Waals surface area (Å²) in [5, 5.41) is 3.08. The van der Waals surface area contributed by atoms with Gasteiger partial charge in [-0.1, -0.05) is 12.1 Å². The number of sulfone groups is 1. The van der Waals surface area contributed by atoms with Crippen LogP contribution in [-0.2, 0) is 9.84 Å². The van der Waals surface area contributed by atoms with Crippen LogP contribution in [0.1, 0.15) is 6.92 Å². The number of pyridine rings is 1. The third kappa shape index (κ3) is 3.71. The monoisotopic (exact) mass is 292 g/mol. The van der Waals surface area contributed by atoms with Crippen LogP contribution in [0.4, 0.5) is 5.82 Å². The van der Waals surface area contributed by atoms with Gasteiger partial charge in [0.1, 0.15) is 11.6 Å². The number of benzene rings is 1. The minimum absolute atomic E-state index is 0.220. The van der Waals surface area contributed by atoms with Crippen LogP contribution in [0.15, 0.2) is 47.4 Å². The van der Waals surface area contributed by atoms with Crippen LogP contribution in [-0.4, -0.2) is 26.2 Å². The van der Waals surface area contributed by atoms with Gasteiger partial charge in [-0.3, -0.25) is 0 Å². The normalized spacial score (nSPS) is 11.1. The second-order valence-corrected chi connectivity index (χ2v) is 6.26. The molecule has 2 rings (SSSR count). The molecule has 0 spiro atoms. The molecule has 106 valence electrons. The zero-order chi connectivity index (χ0) is 14.6. The molecular formula is C14H16N2O3S. The van der Waals surface area contributed by atoms with Crippen molar-refractivity contribution in [2.45, 2.75) is 11.8 Å². The summed E-state index contributed by atoms with van der Waals surface area (Å²) in [6.45, 7) is 2.74. The molecule has 2 aromatic rings. The maximum Gasteiger partial charge on any atom is 0.221 e. The second-order valence-electron chi connectivity index (χ2n) is 4.24. The van der Waals surface area contributed by atoms with E-state index in [2.05, 4.69) is 10.3 Å². The Labute approximate surface area is 118 Å². The summed E-state index contributed by atoms with van der Waals surface area (Å²) in [7, 11) is -3.25. The lowest BCUT2D eigenvalue weighted by molar-refractivity contribution is 0.462. The molecule has 20 heavy (non-hydrogen) atoms. The van der Waals surface area contributed by atoms with Crippen LogP contribution in [0.2, 0.25) is 0 Å². The molecule has 0 unspecified atom stereocenters. The minimum atomic E-state index is -3.25. The first-order chi connectivity index (χ1) is 9.49. The summed E-state index contributed by atoms with van der Waals surface area (Å²) >= 11 is 0. The highest BCUT2D eigenvalue weighted by Crippen LogP contribution is 2.23. The molecule has 0 saturated heterocycles. The largest absolute Gasteiger partial charge is 0.439 e. The summed E-state index contributed by atoms with van der Waals surface area (Å²) < 4.78 is 28.6. The molecule has 0 atom stereocenters. The third-order valence-electron chi connectivity index (χ3n) is 2.54. The van der Waals surface area contributed by atoms with Gasteiger partial charge in [0.25, 0.3) is 0 Å². The predicted octanol–water partition coefficient (Wildman–Crippen LogP) is 2.71. The van der Waals surface area contributed by atoms with Crippen LogP contribution in [0.25, 0.3) is 0 Å². The molecule has 0 radical (unpaired) electrons. The molecule has 1 N–H and O–H groups in total. The van der Waals surface area contributed by atoms with E-state index in [0.29, 0.717) is 17.4 Å². The van der Waals surface area contributed by atoms with Crippen molar-refractivity contribution >= 4 is 15.7 Å². The van der Waals surface area contributed by atoms with Crippen molar-refractivity contribution in [3.8, 4) is 11.6 Å². The first kappa shape index (κ1) is 14.3. The van der Waals surface area contributed by atoms with Crippen molar-refractivity contribution in [3.05, 3.63) is 42.5 Å². The van der Waals surface area contributed by atoms with E-state index in [1.54, 1.807) is 18.2 Å². The van der Waals surface area contributed by atoms with Crippen molar-refractivity contribution in [3.63, 3.8) is 0 Å². The fraction of sp³-hybridized carbons (Fsp3) is 0.214. The molecule has 1 aromatic carbocycles. The Hall–Kier alpha value is -2.08. The van der Waals surface area contributed by atoms with E-state index in [-0.39, 0.29) is 4.90 Å². The summed E-state index contributed by atoms with van der Waals surface area (Å²) in [4.78, 5) is 4.49. The van der Waals surface area contributed by atoms with E-state index in [1.165, 1.54) is 12.1 Å². The van der Waals surface area contributed by atoms with E-state index in [4.69, 9.17) is 4.74 Å². The number of nitrogens with zero attached hydrogens (tertiary/aromatic N) is 1. The van der Waals surface area contributed by atoms with Gasteiger partial charge in [0, 0.05) is 18.9 Å². The molecule has 0 aliphatic rings. The molecule has 6 heteroatoms. The van der Waals surface area contributed by atoms with E-state index in [1.807, 2.05) is 19.1 Å². The zero-order valence-electron chi connectivity index (χ0n) is 11.3. The number of anilines is 1. The van der Waals surface area contributed by atoms with Crippen molar-refractivity contribution in [1.29, 1.82) is 0 Å². The van der Waals surface area contributed by atoms with Gasteiger partial charge in [-0.25, -0.2) is 8.42 Å². The van der Waals surface area contributed by atoms with Gasteiger partial charge in [-0.05, 0) is 31.2 Å². The van der Waals surface area contributed by atoms with Crippen molar-refractivity contribution in [1.82, 2.24) is 4.98 Å². The molecule has 0 amide bonds. The molecule has 0 aliphatic carbocycles. The lowest BCUT2D eigenvalue weighted by Gasteiger charge is -2.08. The fourth-order valence-corrected chi connectivity index (χ4v) is 2.30. The van der Waals surface area contributed by atoms with E-state index < -0.39 is 9.84 Å². The van der Waals surface area contributed by atoms with Crippen LogP contribution < -0.4 is 10.1 Å². The van der Waals surface area contributed by atoms with Crippen LogP contribution in [0, 0.1) is 0 Å². The molecule has 0 fully saturated rings. The van der Waals surface area contributed by atoms with Gasteiger partial charge < -0.3 is 10.1 Å². The first-order valence-corrected chi connectivity index (χ1v) is 8.07. The summed E-state index contributed by atoms with van der Waals surface area (Å²) in [6, 6.07) is 11.7. The number of rotatable bonds is 5. The first-order valence-electron chi connectivity index (χ1n) is 6.18. The average molecular weight is 292 g/mol. The van der Waals surface area contributed by atoms with Gasteiger partial charge >= 0.3 is 0 Å². The van der Waals surface area contributed by atoms with Gasteiger partial charge in [0.05, 0.1) is 4.90 Å². The number of aromatic nitrogens is 1. The average Bonchev–Trinajstić information content (AvgIpc) is 2.39. The lowest BCUT2D eigenvalue weighted by Crippen LogP contribution is -2.00. The molecule has 0 aliphatic heterocycles. The van der Waals surface area contributed by atoms with Crippen LogP contribution in [0.5, 0.6) is 11.6 Å².